The summed E-state index contributed by atoms with van der Waals surface area (Å²) in [4.78, 5) is 0. The average molecular weight is 205 g/mol. The summed E-state index contributed by atoms with van der Waals surface area (Å²) in [5, 5.41) is 24.6. The van der Waals surface area contributed by atoms with E-state index in [1.54, 1.807) is 14.0 Å². The van der Waals surface area contributed by atoms with Crippen molar-refractivity contribution in [3.05, 3.63) is 0 Å². The molecule has 5 nitrogen and oxygen atoms in total. The van der Waals surface area contributed by atoms with E-state index < -0.39 is 0 Å². The number of thiocarbonyl (C=S) groups is 1. The molecule has 0 atom stereocenters. The minimum atomic E-state index is -0.327. The van der Waals surface area contributed by atoms with Crippen LogP contribution in [0.3, 0.4) is 0 Å². The highest BCUT2D eigenvalue weighted by Crippen LogP contribution is 1.96. The summed E-state index contributed by atoms with van der Waals surface area (Å²) >= 11 is 4.78. The van der Waals surface area contributed by atoms with E-state index in [-0.39, 0.29) is 19.1 Å². The van der Waals surface area contributed by atoms with Crippen LogP contribution in [0.5, 0.6) is 0 Å². The zero-order chi connectivity index (χ0) is 10.3. The first kappa shape index (κ1) is 12.3. The molecule has 0 unspecified atom stereocenters. The Morgan fingerprint density at radius 3 is 2.38 bits per heavy atom. The molecule has 0 aliphatic carbocycles. The van der Waals surface area contributed by atoms with Crippen LogP contribution in [-0.2, 0) is 0 Å². The lowest BCUT2D eigenvalue weighted by atomic mass is 10.1. The molecule has 0 spiro atoms. The van der Waals surface area contributed by atoms with Gasteiger partial charge in [0.1, 0.15) is 0 Å². The zero-order valence-electron chi connectivity index (χ0n) is 7.74. The monoisotopic (exact) mass is 205 g/mol. The topological polar surface area (TPSA) is 76.9 Å². The van der Waals surface area contributed by atoms with Gasteiger partial charge in [-0.15, -0.1) is 0 Å². The quantitative estimate of drug-likeness (QED) is 0.271. The van der Waals surface area contributed by atoms with E-state index in [2.05, 4.69) is 15.8 Å². The predicted octanol–water partition coefficient (Wildman–Crippen LogP) is -0.943. The molecule has 0 fully saturated rings. The molecule has 0 bridgehead atoms. The van der Waals surface area contributed by atoms with Crippen molar-refractivity contribution in [2.75, 3.05) is 20.3 Å². The van der Waals surface area contributed by atoms with Crippen molar-refractivity contribution in [3.8, 4) is 0 Å². The van der Waals surface area contributed by atoms with Gasteiger partial charge in [0.2, 0.25) is 0 Å². The molecular weight excluding hydrogens is 190 g/mol. The van der Waals surface area contributed by atoms with Gasteiger partial charge in [0.15, 0.2) is 5.11 Å². The molecule has 0 aliphatic rings. The summed E-state index contributed by atoms with van der Waals surface area (Å²) in [5.41, 5.74) is 3.18. The van der Waals surface area contributed by atoms with Gasteiger partial charge >= 0.3 is 0 Å². The van der Waals surface area contributed by atoms with E-state index in [9.17, 15) is 0 Å². The predicted molar refractivity (Wildman–Crippen MR) is 55.6 cm³/mol. The molecule has 0 saturated carbocycles. The Bertz CT molecular complexity index is 192. The van der Waals surface area contributed by atoms with Gasteiger partial charge in [-0.2, -0.15) is 5.10 Å². The van der Waals surface area contributed by atoms with Crippen molar-refractivity contribution in [3.63, 3.8) is 0 Å². The number of nitrogens with one attached hydrogen (secondary N) is 2. The third-order valence-electron chi connectivity index (χ3n) is 1.59. The molecule has 13 heavy (non-hydrogen) atoms. The fourth-order valence-electron chi connectivity index (χ4n) is 0.608. The Morgan fingerprint density at radius 2 is 2.00 bits per heavy atom. The van der Waals surface area contributed by atoms with Gasteiger partial charge in [0.25, 0.3) is 0 Å². The second kappa shape index (κ2) is 6.76. The number of hydrogen-bond acceptors (Lipinski definition) is 4. The average Bonchev–Trinajstić information content (AvgIpc) is 2.16. The standard InChI is InChI=1S/C7H15N3O2S/c1-5(6(3-11)4-12)9-10-7(13)8-2/h6,11-12H,3-4H2,1-2H3,(H2,8,10,13)/b9-5-. The zero-order valence-corrected chi connectivity index (χ0v) is 8.56. The maximum absolute atomic E-state index is 8.80. The number of aliphatic hydroxyl groups is 2. The maximum atomic E-state index is 8.80. The van der Waals surface area contributed by atoms with Gasteiger partial charge < -0.3 is 15.5 Å². The molecule has 0 aliphatic heterocycles. The number of nitrogens with zero attached hydrogens (tertiary/aromatic N) is 1. The third kappa shape index (κ3) is 4.76. The largest absolute Gasteiger partial charge is 0.396 e. The fourth-order valence-corrected chi connectivity index (χ4v) is 0.654. The molecule has 0 rings (SSSR count). The van der Waals surface area contributed by atoms with E-state index in [1.807, 2.05) is 0 Å². The first-order valence-corrected chi connectivity index (χ1v) is 4.30. The van der Waals surface area contributed by atoms with Crippen molar-refractivity contribution in [2.45, 2.75) is 6.92 Å². The minimum Gasteiger partial charge on any atom is -0.396 e. The summed E-state index contributed by atoms with van der Waals surface area (Å²) in [7, 11) is 1.68. The number of hydrogen-bond donors (Lipinski definition) is 4. The molecule has 0 heterocycles. The molecule has 76 valence electrons. The third-order valence-corrected chi connectivity index (χ3v) is 1.89. The summed E-state index contributed by atoms with van der Waals surface area (Å²) in [5.74, 6) is -0.327. The first-order chi connectivity index (χ1) is 6.15. The number of hydrazone groups is 1. The Kier molecular flexibility index (Phi) is 6.38. The molecule has 0 radical (unpaired) electrons. The van der Waals surface area contributed by atoms with Crippen molar-refractivity contribution in [1.29, 1.82) is 0 Å². The van der Waals surface area contributed by atoms with Crippen LogP contribution in [0.1, 0.15) is 6.92 Å². The van der Waals surface area contributed by atoms with Crippen molar-refractivity contribution >= 4 is 23.0 Å². The van der Waals surface area contributed by atoms with Gasteiger partial charge in [-0.3, -0.25) is 5.43 Å². The molecule has 0 aromatic rings. The Labute approximate surface area is 82.8 Å². The fraction of sp³-hybridized carbons (Fsp3) is 0.714. The van der Waals surface area contributed by atoms with E-state index in [0.29, 0.717) is 10.8 Å². The van der Waals surface area contributed by atoms with Crippen LogP contribution in [-0.4, -0.2) is 41.3 Å². The Hall–Kier alpha value is -0.720. The van der Waals surface area contributed by atoms with Crippen LogP contribution in [0, 0.1) is 5.92 Å². The SMILES string of the molecule is CNC(=S)N/N=C(/C)C(CO)CO. The van der Waals surface area contributed by atoms with E-state index in [1.165, 1.54) is 0 Å². The smallest absolute Gasteiger partial charge is 0.186 e. The summed E-state index contributed by atoms with van der Waals surface area (Å²) in [6.45, 7) is 1.46. The second-order valence-electron chi connectivity index (χ2n) is 2.51. The normalized spacial score (nSPS) is 11.6. The maximum Gasteiger partial charge on any atom is 0.186 e. The molecule has 0 amide bonds. The van der Waals surface area contributed by atoms with Crippen LogP contribution >= 0.6 is 12.2 Å². The summed E-state index contributed by atoms with van der Waals surface area (Å²) in [6.07, 6.45) is 0. The van der Waals surface area contributed by atoms with Crippen LogP contribution in [0.15, 0.2) is 5.10 Å². The van der Waals surface area contributed by atoms with Crippen molar-refractivity contribution in [2.24, 2.45) is 11.0 Å². The lowest BCUT2D eigenvalue weighted by Gasteiger charge is -2.10. The highest BCUT2D eigenvalue weighted by atomic mass is 32.1. The van der Waals surface area contributed by atoms with Crippen molar-refractivity contribution in [1.82, 2.24) is 10.7 Å². The first-order valence-electron chi connectivity index (χ1n) is 3.89. The number of aliphatic hydroxyl groups excluding tert-OH is 2. The minimum absolute atomic E-state index is 0.125. The molecule has 0 saturated heterocycles. The van der Waals surface area contributed by atoms with Crippen LogP contribution < -0.4 is 10.7 Å². The van der Waals surface area contributed by atoms with Gasteiger partial charge in [0, 0.05) is 18.7 Å². The van der Waals surface area contributed by atoms with E-state index >= 15 is 0 Å². The molecule has 4 N–H and O–H groups in total. The van der Waals surface area contributed by atoms with E-state index in [4.69, 9.17) is 22.4 Å². The lowest BCUT2D eigenvalue weighted by Crippen LogP contribution is -2.31. The van der Waals surface area contributed by atoms with Crippen LogP contribution in [0.4, 0.5) is 0 Å². The molecule has 0 aromatic carbocycles. The molecule has 6 heteroatoms. The second-order valence-corrected chi connectivity index (χ2v) is 2.91. The highest BCUT2D eigenvalue weighted by molar-refractivity contribution is 7.80. The van der Waals surface area contributed by atoms with Crippen LogP contribution in [0.2, 0.25) is 0 Å². The molecular formula is C7H15N3O2S. The Morgan fingerprint density at radius 1 is 1.46 bits per heavy atom. The summed E-state index contributed by atoms with van der Waals surface area (Å²) in [6, 6.07) is 0. The van der Waals surface area contributed by atoms with Gasteiger partial charge in [-0.1, -0.05) is 0 Å². The Balaban J connectivity index is 4.06. The highest BCUT2D eigenvalue weighted by Gasteiger charge is 2.09. The van der Waals surface area contributed by atoms with Crippen LogP contribution in [0.25, 0.3) is 0 Å². The van der Waals surface area contributed by atoms with Gasteiger partial charge in [-0.05, 0) is 19.1 Å². The molecule has 0 aromatic heterocycles. The van der Waals surface area contributed by atoms with Gasteiger partial charge in [-0.25, -0.2) is 0 Å². The summed E-state index contributed by atoms with van der Waals surface area (Å²) < 4.78 is 0. The van der Waals surface area contributed by atoms with Crippen molar-refractivity contribution < 1.29 is 10.2 Å². The van der Waals surface area contributed by atoms with E-state index in [0.717, 1.165) is 0 Å². The lowest BCUT2D eigenvalue weighted by molar-refractivity contribution is 0.187. The van der Waals surface area contributed by atoms with Gasteiger partial charge in [0.05, 0.1) is 13.2 Å². The number of rotatable bonds is 4.